The summed E-state index contributed by atoms with van der Waals surface area (Å²) in [5.74, 6) is -0.749. The molecule has 0 aromatic carbocycles. The van der Waals surface area contributed by atoms with E-state index >= 15 is 0 Å². The maximum atomic E-state index is 11.3. The molecule has 0 bridgehead atoms. The van der Waals surface area contributed by atoms with Crippen LogP contribution >= 0.6 is 0 Å². The number of hydrogen-bond acceptors (Lipinski definition) is 4. The summed E-state index contributed by atoms with van der Waals surface area (Å²) < 4.78 is 22.1. The molecule has 0 atom stereocenters. The van der Waals surface area contributed by atoms with Gasteiger partial charge < -0.3 is 10.0 Å². The van der Waals surface area contributed by atoms with Crippen molar-refractivity contribution in [2.75, 3.05) is 32.1 Å². The van der Waals surface area contributed by atoms with Crippen LogP contribution in [0.4, 0.5) is 0 Å². The fourth-order valence-electron chi connectivity index (χ4n) is 1.76. The number of sulfone groups is 1. The van der Waals surface area contributed by atoms with Crippen LogP contribution in [-0.4, -0.2) is 56.5 Å². The Morgan fingerprint density at radius 1 is 1.29 bits per heavy atom. The zero-order valence-electron chi connectivity index (χ0n) is 11.1. The Morgan fingerprint density at radius 3 is 2.06 bits per heavy atom. The second-order valence-electron chi connectivity index (χ2n) is 4.66. The van der Waals surface area contributed by atoms with Gasteiger partial charge in [-0.15, -0.1) is 0 Å². The Kier molecular flexibility index (Phi) is 6.12. The lowest BCUT2D eigenvalue weighted by Crippen LogP contribution is -2.42. The summed E-state index contributed by atoms with van der Waals surface area (Å²) in [7, 11) is -1.24. The number of carboxylic acids is 1. The zero-order chi connectivity index (χ0) is 13.7. The average molecular weight is 265 g/mol. The topological polar surface area (TPSA) is 74.7 Å². The normalized spacial score (nSPS) is 13.0. The lowest BCUT2D eigenvalue weighted by molar-refractivity contribution is -0.150. The van der Waals surface area contributed by atoms with Crippen molar-refractivity contribution in [2.24, 2.45) is 5.41 Å². The fraction of sp³-hybridized carbons (Fsp3) is 0.909. The predicted molar refractivity (Wildman–Crippen MR) is 67.9 cm³/mol. The minimum absolute atomic E-state index is 0.0621. The van der Waals surface area contributed by atoms with E-state index in [2.05, 4.69) is 0 Å². The van der Waals surface area contributed by atoms with E-state index in [1.165, 1.54) is 6.26 Å². The molecular weight excluding hydrogens is 242 g/mol. The number of carboxylic acid groups (broad SMARTS) is 1. The molecule has 0 amide bonds. The van der Waals surface area contributed by atoms with Gasteiger partial charge in [-0.3, -0.25) is 4.79 Å². The third-order valence-electron chi connectivity index (χ3n) is 3.22. The molecule has 0 aromatic rings. The minimum Gasteiger partial charge on any atom is -0.481 e. The van der Waals surface area contributed by atoms with E-state index in [0.29, 0.717) is 25.9 Å². The molecule has 0 aliphatic carbocycles. The Hall–Kier alpha value is -0.620. The first-order chi connectivity index (χ1) is 7.67. The van der Waals surface area contributed by atoms with Gasteiger partial charge in [-0.1, -0.05) is 13.8 Å². The number of carbonyl (C=O) groups is 1. The quantitative estimate of drug-likeness (QED) is 0.704. The van der Waals surface area contributed by atoms with Crippen LogP contribution in [0.25, 0.3) is 0 Å². The highest BCUT2D eigenvalue weighted by Gasteiger charge is 2.35. The van der Waals surface area contributed by atoms with Gasteiger partial charge in [0.15, 0.2) is 0 Å². The summed E-state index contributed by atoms with van der Waals surface area (Å²) in [4.78, 5) is 13.1. The molecule has 0 aliphatic heterocycles. The molecule has 0 unspecified atom stereocenters. The maximum absolute atomic E-state index is 11.3. The third kappa shape index (κ3) is 5.50. The molecule has 0 saturated heterocycles. The van der Waals surface area contributed by atoms with Crippen molar-refractivity contribution in [1.82, 2.24) is 4.90 Å². The van der Waals surface area contributed by atoms with Crippen LogP contribution in [0.1, 0.15) is 26.7 Å². The van der Waals surface area contributed by atoms with Crippen molar-refractivity contribution >= 4 is 15.8 Å². The summed E-state index contributed by atoms with van der Waals surface area (Å²) in [6, 6.07) is 0. The highest BCUT2D eigenvalue weighted by molar-refractivity contribution is 7.90. The maximum Gasteiger partial charge on any atom is 0.310 e. The van der Waals surface area contributed by atoms with Crippen molar-refractivity contribution in [3.63, 3.8) is 0 Å². The second kappa shape index (κ2) is 6.35. The summed E-state index contributed by atoms with van der Waals surface area (Å²) in [5, 5.41) is 9.26. The Labute approximate surface area is 104 Å². The number of nitrogens with zero attached hydrogens (tertiary/aromatic N) is 1. The standard InChI is InChI=1S/C11H23NO4S/c1-5-11(6-2,10(13)14)9-12(3)7-8-17(4,15)16/h5-9H2,1-4H3,(H,13,14). The highest BCUT2D eigenvalue weighted by atomic mass is 32.2. The van der Waals surface area contributed by atoms with Gasteiger partial charge in [0.1, 0.15) is 9.84 Å². The van der Waals surface area contributed by atoms with Gasteiger partial charge in [0, 0.05) is 19.3 Å². The van der Waals surface area contributed by atoms with E-state index in [1.807, 2.05) is 13.8 Å². The smallest absolute Gasteiger partial charge is 0.310 e. The first-order valence-electron chi connectivity index (χ1n) is 5.76. The van der Waals surface area contributed by atoms with Crippen LogP contribution in [0.5, 0.6) is 0 Å². The van der Waals surface area contributed by atoms with Crippen LogP contribution in [0.2, 0.25) is 0 Å². The van der Waals surface area contributed by atoms with Gasteiger partial charge in [0.25, 0.3) is 0 Å². The summed E-state index contributed by atoms with van der Waals surface area (Å²) in [6.07, 6.45) is 2.27. The van der Waals surface area contributed by atoms with Gasteiger partial charge in [-0.2, -0.15) is 0 Å². The number of rotatable bonds is 8. The van der Waals surface area contributed by atoms with E-state index in [-0.39, 0.29) is 5.75 Å². The molecule has 0 aromatic heterocycles. The molecule has 6 heteroatoms. The average Bonchev–Trinajstić information content (AvgIpc) is 2.22. The SMILES string of the molecule is CCC(CC)(CN(C)CCS(C)(=O)=O)C(=O)O. The van der Waals surface area contributed by atoms with Gasteiger partial charge >= 0.3 is 5.97 Å². The van der Waals surface area contributed by atoms with E-state index < -0.39 is 21.2 Å². The summed E-state index contributed by atoms with van der Waals surface area (Å²) >= 11 is 0. The largest absolute Gasteiger partial charge is 0.481 e. The van der Waals surface area contributed by atoms with Crippen molar-refractivity contribution in [1.29, 1.82) is 0 Å². The Bertz CT molecular complexity index is 346. The van der Waals surface area contributed by atoms with E-state index in [0.717, 1.165) is 0 Å². The molecule has 0 rings (SSSR count). The molecule has 0 aliphatic rings. The van der Waals surface area contributed by atoms with Crippen LogP contribution < -0.4 is 0 Å². The molecule has 0 saturated carbocycles. The Balaban J connectivity index is 4.52. The summed E-state index contributed by atoms with van der Waals surface area (Å²) in [5.41, 5.74) is -0.772. The fourth-order valence-corrected chi connectivity index (χ4v) is 2.40. The predicted octanol–water partition coefficient (Wildman–Crippen LogP) is 0.854. The first-order valence-corrected chi connectivity index (χ1v) is 7.82. The lowest BCUT2D eigenvalue weighted by Gasteiger charge is -2.31. The van der Waals surface area contributed by atoms with Gasteiger partial charge in [-0.25, -0.2) is 8.42 Å². The zero-order valence-corrected chi connectivity index (χ0v) is 11.9. The molecule has 5 nitrogen and oxygen atoms in total. The lowest BCUT2D eigenvalue weighted by atomic mass is 9.82. The van der Waals surface area contributed by atoms with Gasteiger partial charge in [0.05, 0.1) is 11.2 Å². The molecular formula is C11H23NO4S. The molecule has 0 heterocycles. The molecule has 1 N–H and O–H groups in total. The monoisotopic (exact) mass is 265 g/mol. The van der Waals surface area contributed by atoms with Crippen LogP contribution in [-0.2, 0) is 14.6 Å². The van der Waals surface area contributed by atoms with Crippen molar-refractivity contribution in [2.45, 2.75) is 26.7 Å². The van der Waals surface area contributed by atoms with Crippen molar-refractivity contribution in [3.05, 3.63) is 0 Å². The highest BCUT2D eigenvalue weighted by Crippen LogP contribution is 2.27. The van der Waals surface area contributed by atoms with E-state index in [1.54, 1.807) is 11.9 Å². The van der Waals surface area contributed by atoms with Gasteiger partial charge in [0.2, 0.25) is 0 Å². The first kappa shape index (κ1) is 16.4. The molecule has 0 spiro atoms. The van der Waals surface area contributed by atoms with Crippen LogP contribution in [0.3, 0.4) is 0 Å². The van der Waals surface area contributed by atoms with Crippen molar-refractivity contribution in [3.8, 4) is 0 Å². The van der Waals surface area contributed by atoms with E-state index in [4.69, 9.17) is 0 Å². The van der Waals surface area contributed by atoms with Crippen LogP contribution in [0, 0.1) is 5.41 Å². The second-order valence-corrected chi connectivity index (χ2v) is 6.92. The molecule has 102 valence electrons. The van der Waals surface area contributed by atoms with Crippen molar-refractivity contribution < 1.29 is 18.3 Å². The summed E-state index contributed by atoms with van der Waals surface area (Å²) in [6.45, 7) is 4.45. The minimum atomic E-state index is -3.00. The van der Waals surface area contributed by atoms with E-state index in [9.17, 15) is 18.3 Å². The van der Waals surface area contributed by atoms with Gasteiger partial charge in [-0.05, 0) is 19.9 Å². The molecule has 0 fully saturated rings. The molecule has 17 heavy (non-hydrogen) atoms. The number of aliphatic carboxylic acids is 1. The number of hydrogen-bond donors (Lipinski definition) is 1. The molecule has 0 radical (unpaired) electrons. The Morgan fingerprint density at radius 2 is 1.76 bits per heavy atom. The third-order valence-corrected chi connectivity index (χ3v) is 4.15. The van der Waals surface area contributed by atoms with Crippen LogP contribution in [0.15, 0.2) is 0 Å².